The van der Waals surface area contributed by atoms with E-state index in [4.69, 9.17) is 0 Å². The van der Waals surface area contributed by atoms with Crippen molar-refractivity contribution in [2.75, 3.05) is 13.1 Å². The Morgan fingerprint density at radius 3 is 2.17 bits per heavy atom. The van der Waals surface area contributed by atoms with Crippen LogP contribution in [0, 0.1) is 11.6 Å². The zero-order chi connectivity index (χ0) is 21.0. The summed E-state index contributed by atoms with van der Waals surface area (Å²) < 4.78 is 67.8. The Hall–Kier alpha value is -2.68. The van der Waals surface area contributed by atoms with Gasteiger partial charge in [-0.05, 0) is 49.2 Å². The minimum Gasteiger partial charge on any atom is -0.406 e. The summed E-state index contributed by atoms with van der Waals surface area (Å²) in [6.45, 7) is 1.26. The molecule has 1 aliphatic rings. The SMILES string of the molecule is O=C(NC1CCN(Cc2c(F)cccc2F)CC1)c1ccc(OC(F)(F)F)cc1. The van der Waals surface area contributed by atoms with Crippen LogP contribution in [0.4, 0.5) is 22.0 Å². The lowest BCUT2D eigenvalue weighted by Crippen LogP contribution is -2.44. The van der Waals surface area contributed by atoms with Crippen LogP contribution in [0.1, 0.15) is 28.8 Å². The first-order valence-corrected chi connectivity index (χ1v) is 9.03. The predicted octanol–water partition coefficient (Wildman–Crippen LogP) is 4.26. The molecule has 1 N–H and O–H groups in total. The lowest BCUT2D eigenvalue weighted by Gasteiger charge is -2.32. The van der Waals surface area contributed by atoms with Gasteiger partial charge in [-0.3, -0.25) is 9.69 Å². The summed E-state index contributed by atoms with van der Waals surface area (Å²) in [5, 5.41) is 2.83. The Labute approximate surface area is 164 Å². The van der Waals surface area contributed by atoms with E-state index < -0.39 is 29.7 Å². The summed E-state index contributed by atoms with van der Waals surface area (Å²) in [5.74, 6) is -1.97. The molecule has 2 aromatic rings. The van der Waals surface area contributed by atoms with E-state index >= 15 is 0 Å². The number of alkyl halides is 3. The van der Waals surface area contributed by atoms with E-state index in [1.54, 1.807) is 0 Å². The normalized spacial score (nSPS) is 15.9. The maximum absolute atomic E-state index is 13.8. The van der Waals surface area contributed by atoms with Gasteiger partial charge in [0.1, 0.15) is 17.4 Å². The molecule has 0 atom stereocenters. The number of nitrogens with one attached hydrogen (secondary N) is 1. The topological polar surface area (TPSA) is 41.6 Å². The Morgan fingerprint density at radius 1 is 1.03 bits per heavy atom. The third-order valence-electron chi connectivity index (χ3n) is 4.72. The van der Waals surface area contributed by atoms with Crippen LogP contribution in [0.5, 0.6) is 5.75 Å². The van der Waals surface area contributed by atoms with Crippen molar-refractivity contribution in [1.82, 2.24) is 10.2 Å². The molecule has 1 aliphatic heterocycles. The maximum atomic E-state index is 13.8. The fraction of sp³-hybridized carbons (Fsp3) is 0.350. The molecule has 0 unspecified atom stereocenters. The van der Waals surface area contributed by atoms with Gasteiger partial charge in [-0.1, -0.05) is 6.07 Å². The van der Waals surface area contributed by atoms with E-state index in [9.17, 15) is 26.7 Å². The quantitative estimate of drug-likeness (QED) is 0.744. The molecular weight excluding hydrogens is 395 g/mol. The molecule has 1 heterocycles. The number of carbonyl (C=O) groups is 1. The maximum Gasteiger partial charge on any atom is 0.573 e. The van der Waals surface area contributed by atoms with E-state index in [0.717, 1.165) is 12.1 Å². The van der Waals surface area contributed by atoms with Crippen LogP contribution in [0.2, 0.25) is 0 Å². The summed E-state index contributed by atoms with van der Waals surface area (Å²) >= 11 is 0. The van der Waals surface area contributed by atoms with Gasteiger partial charge in [0.25, 0.3) is 5.91 Å². The second kappa shape index (κ2) is 8.77. The van der Waals surface area contributed by atoms with Gasteiger partial charge >= 0.3 is 6.36 Å². The summed E-state index contributed by atoms with van der Waals surface area (Å²) in [4.78, 5) is 14.2. The zero-order valence-electron chi connectivity index (χ0n) is 15.3. The summed E-state index contributed by atoms with van der Waals surface area (Å²) in [7, 11) is 0. The second-order valence-electron chi connectivity index (χ2n) is 6.80. The first-order chi connectivity index (χ1) is 13.7. The third kappa shape index (κ3) is 5.90. The average molecular weight is 414 g/mol. The highest BCUT2D eigenvalue weighted by atomic mass is 19.4. The van der Waals surface area contributed by atoms with Gasteiger partial charge < -0.3 is 10.1 Å². The predicted molar refractivity (Wildman–Crippen MR) is 95.2 cm³/mol. The van der Waals surface area contributed by atoms with Gasteiger partial charge in [-0.2, -0.15) is 0 Å². The Bertz CT molecular complexity index is 827. The number of rotatable bonds is 5. The molecule has 0 saturated carbocycles. The Kier molecular flexibility index (Phi) is 6.36. The number of amides is 1. The Morgan fingerprint density at radius 2 is 1.62 bits per heavy atom. The van der Waals surface area contributed by atoms with Gasteiger partial charge in [-0.15, -0.1) is 13.2 Å². The summed E-state index contributed by atoms with van der Waals surface area (Å²) in [6.07, 6.45) is -3.60. The molecule has 0 radical (unpaired) electrons. The molecule has 2 aromatic carbocycles. The number of halogens is 5. The molecule has 29 heavy (non-hydrogen) atoms. The molecule has 0 aliphatic carbocycles. The summed E-state index contributed by atoms with van der Waals surface area (Å²) in [6, 6.07) is 8.29. The first-order valence-electron chi connectivity index (χ1n) is 9.03. The standard InChI is InChI=1S/C20H19F5N2O2/c21-17-2-1-3-18(22)16(17)12-27-10-8-14(9-11-27)26-19(28)13-4-6-15(7-5-13)29-20(23,24)25/h1-7,14H,8-12H2,(H,26,28). The highest BCUT2D eigenvalue weighted by Crippen LogP contribution is 2.23. The van der Waals surface area contributed by atoms with Crippen molar-refractivity contribution in [3.05, 3.63) is 65.2 Å². The fourth-order valence-electron chi connectivity index (χ4n) is 3.22. The van der Waals surface area contributed by atoms with Gasteiger partial charge in [0.2, 0.25) is 0 Å². The van der Waals surface area contributed by atoms with Crippen LogP contribution in [0.25, 0.3) is 0 Å². The van der Waals surface area contributed by atoms with Crippen LogP contribution in [0.15, 0.2) is 42.5 Å². The minimum atomic E-state index is -4.79. The van der Waals surface area contributed by atoms with Gasteiger partial charge in [0.05, 0.1) is 0 Å². The van der Waals surface area contributed by atoms with Crippen molar-refractivity contribution >= 4 is 5.91 Å². The number of ether oxygens (including phenoxy) is 1. The highest BCUT2D eigenvalue weighted by Gasteiger charge is 2.31. The number of benzene rings is 2. The molecule has 0 aromatic heterocycles. The summed E-state index contributed by atoms with van der Waals surface area (Å²) in [5.41, 5.74) is 0.242. The highest BCUT2D eigenvalue weighted by molar-refractivity contribution is 5.94. The minimum absolute atomic E-state index is 0.0242. The van der Waals surface area contributed by atoms with E-state index in [1.807, 2.05) is 4.90 Å². The zero-order valence-corrected chi connectivity index (χ0v) is 15.3. The van der Waals surface area contributed by atoms with E-state index in [1.165, 1.54) is 30.3 Å². The number of hydrogen-bond acceptors (Lipinski definition) is 3. The van der Waals surface area contributed by atoms with Crippen molar-refractivity contribution in [1.29, 1.82) is 0 Å². The fourth-order valence-corrected chi connectivity index (χ4v) is 3.22. The van der Waals surface area contributed by atoms with Gasteiger partial charge in [0, 0.05) is 36.8 Å². The first kappa shape index (κ1) is 21.0. The van der Waals surface area contributed by atoms with Gasteiger partial charge in [0.15, 0.2) is 0 Å². The molecule has 0 bridgehead atoms. The number of carbonyl (C=O) groups excluding carboxylic acids is 1. The van der Waals surface area contributed by atoms with E-state index in [2.05, 4.69) is 10.1 Å². The molecule has 1 amide bonds. The van der Waals surface area contributed by atoms with Crippen molar-refractivity contribution in [3.8, 4) is 5.75 Å². The number of likely N-dealkylation sites (tertiary alicyclic amines) is 1. The van der Waals surface area contributed by atoms with Crippen molar-refractivity contribution in [2.24, 2.45) is 0 Å². The van der Waals surface area contributed by atoms with E-state index in [0.29, 0.717) is 25.9 Å². The second-order valence-corrected chi connectivity index (χ2v) is 6.80. The smallest absolute Gasteiger partial charge is 0.406 e. The van der Waals surface area contributed by atoms with E-state index in [-0.39, 0.29) is 23.7 Å². The molecule has 9 heteroatoms. The van der Waals surface area contributed by atoms with Crippen LogP contribution in [0.3, 0.4) is 0 Å². The van der Waals surface area contributed by atoms with Crippen LogP contribution in [-0.4, -0.2) is 36.3 Å². The monoisotopic (exact) mass is 414 g/mol. The third-order valence-corrected chi connectivity index (χ3v) is 4.72. The molecule has 1 saturated heterocycles. The van der Waals surface area contributed by atoms with Crippen LogP contribution < -0.4 is 10.1 Å². The lowest BCUT2D eigenvalue weighted by atomic mass is 10.0. The van der Waals surface area contributed by atoms with Crippen LogP contribution in [-0.2, 0) is 6.54 Å². The number of nitrogens with zero attached hydrogens (tertiary/aromatic N) is 1. The molecule has 1 fully saturated rings. The molecule has 156 valence electrons. The molecule has 3 rings (SSSR count). The van der Waals surface area contributed by atoms with Gasteiger partial charge in [-0.25, -0.2) is 8.78 Å². The largest absolute Gasteiger partial charge is 0.573 e. The van der Waals surface area contributed by atoms with Crippen molar-refractivity contribution < 1.29 is 31.5 Å². The molecular formula is C20H19F5N2O2. The molecule has 0 spiro atoms. The lowest BCUT2D eigenvalue weighted by molar-refractivity contribution is -0.274. The van der Waals surface area contributed by atoms with Crippen molar-refractivity contribution in [3.63, 3.8) is 0 Å². The number of hydrogen-bond donors (Lipinski definition) is 1. The molecule has 4 nitrogen and oxygen atoms in total. The van der Waals surface area contributed by atoms with Crippen LogP contribution >= 0.6 is 0 Å². The number of piperidine rings is 1. The van der Waals surface area contributed by atoms with Crippen molar-refractivity contribution in [2.45, 2.75) is 31.8 Å². The Balaban J connectivity index is 1.49. The average Bonchev–Trinajstić information content (AvgIpc) is 2.65.